The third-order valence-corrected chi connectivity index (χ3v) is 5.72. The second-order valence-electron chi connectivity index (χ2n) is 6.48. The highest BCUT2D eigenvalue weighted by atomic mass is 32.2. The molecular formula is C21H26N2O3S. The number of benzene rings is 2. The Bertz CT molecular complexity index is 715. The van der Waals surface area contributed by atoms with E-state index in [2.05, 4.69) is 10.6 Å². The number of ether oxygens (including phenoxy) is 2. The summed E-state index contributed by atoms with van der Waals surface area (Å²) in [6.45, 7) is 0.956. The Morgan fingerprint density at radius 1 is 1.15 bits per heavy atom. The topological polar surface area (TPSA) is 59.6 Å². The first-order valence-corrected chi connectivity index (χ1v) is 10.2. The predicted octanol–water partition coefficient (Wildman–Crippen LogP) is 3.00. The van der Waals surface area contributed by atoms with Crippen LogP contribution in [0.15, 0.2) is 48.5 Å². The molecular weight excluding hydrogens is 360 g/mol. The summed E-state index contributed by atoms with van der Waals surface area (Å²) in [5, 5.41) is 6.62. The van der Waals surface area contributed by atoms with Gasteiger partial charge in [0.15, 0.2) is 0 Å². The molecule has 0 radical (unpaired) electrons. The van der Waals surface area contributed by atoms with Crippen LogP contribution < -0.4 is 20.1 Å². The highest BCUT2D eigenvalue weighted by molar-refractivity contribution is 7.99. The Balaban J connectivity index is 1.83. The molecule has 1 heterocycles. The Kier molecular flexibility index (Phi) is 7.01. The number of nitrogens with one attached hydrogen (secondary N) is 2. The van der Waals surface area contributed by atoms with E-state index in [0.717, 1.165) is 40.7 Å². The molecule has 2 N–H and O–H groups in total. The number of methoxy groups -OCH3 is 2. The molecule has 144 valence electrons. The zero-order valence-electron chi connectivity index (χ0n) is 15.7. The van der Waals surface area contributed by atoms with Gasteiger partial charge in [0, 0.05) is 30.5 Å². The second kappa shape index (κ2) is 9.67. The summed E-state index contributed by atoms with van der Waals surface area (Å²) in [4.78, 5) is 12.8. The van der Waals surface area contributed by atoms with Crippen molar-refractivity contribution in [2.75, 3.05) is 32.3 Å². The van der Waals surface area contributed by atoms with E-state index in [1.165, 1.54) is 0 Å². The molecule has 5 nitrogen and oxygen atoms in total. The van der Waals surface area contributed by atoms with Gasteiger partial charge >= 0.3 is 0 Å². The van der Waals surface area contributed by atoms with E-state index in [9.17, 15) is 4.79 Å². The SMILES string of the molecule is COc1cccc(C(NC(=O)CC2CSCCN2)c2cccc(OC)c2)c1. The van der Waals surface area contributed by atoms with Crippen LogP contribution in [0.5, 0.6) is 11.5 Å². The van der Waals surface area contributed by atoms with Gasteiger partial charge in [-0.15, -0.1) is 0 Å². The minimum Gasteiger partial charge on any atom is -0.497 e. The fourth-order valence-corrected chi connectivity index (χ4v) is 4.14. The molecule has 1 unspecified atom stereocenters. The highest BCUT2D eigenvalue weighted by Crippen LogP contribution is 2.28. The summed E-state index contributed by atoms with van der Waals surface area (Å²) < 4.78 is 10.7. The smallest absolute Gasteiger partial charge is 0.222 e. The number of carbonyl (C=O) groups excluding carboxylic acids is 1. The third kappa shape index (κ3) is 5.40. The first-order valence-electron chi connectivity index (χ1n) is 9.08. The first kappa shape index (κ1) is 19.6. The van der Waals surface area contributed by atoms with Crippen LogP contribution in [0.3, 0.4) is 0 Å². The van der Waals surface area contributed by atoms with Crippen molar-refractivity contribution in [3.63, 3.8) is 0 Å². The van der Waals surface area contributed by atoms with Gasteiger partial charge < -0.3 is 20.1 Å². The summed E-state index contributed by atoms with van der Waals surface area (Å²) in [5.41, 5.74) is 1.95. The van der Waals surface area contributed by atoms with Gasteiger partial charge in [0.05, 0.1) is 20.3 Å². The van der Waals surface area contributed by atoms with Gasteiger partial charge in [-0.2, -0.15) is 11.8 Å². The lowest BCUT2D eigenvalue weighted by molar-refractivity contribution is -0.122. The van der Waals surface area contributed by atoms with E-state index >= 15 is 0 Å². The lowest BCUT2D eigenvalue weighted by Crippen LogP contribution is -2.42. The summed E-state index contributed by atoms with van der Waals surface area (Å²) >= 11 is 1.89. The van der Waals surface area contributed by atoms with Crippen molar-refractivity contribution in [2.24, 2.45) is 0 Å². The standard InChI is InChI=1S/C21H26N2O3S/c1-25-18-7-3-5-15(11-18)21(16-6-4-8-19(12-16)26-2)23-20(24)13-17-14-27-10-9-22-17/h3-8,11-12,17,21-22H,9-10,13-14H2,1-2H3,(H,23,24). The van der Waals surface area contributed by atoms with Crippen LogP contribution in [0, 0.1) is 0 Å². The number of rotatable bonds is 7. The number of amides is 1. The highest BCUT2D eigenvalue weighted by Gasteiger charge is 2.22. The molecule has 6 heteroatoms. The lowest BCUT2D eigenvalue weighted by Gasteiger charge is -2.25. The zero-order valence-corrected chi connectivity index (χ0v) is 16.6. The average molecular weight is 387 g/mol. The molecule has 0 saturated carbocycles. The van der Waals surface area contributed by atoms with Crippen LogP contribution in [0.25, 0.3) is 0 Å². The van der Waals surface area contributed by atoms with E-state index in [-0.39, 0.29) is 18.0 Å². The predicted molar refractivity (Wildman–Crippen MR) is 110 cm³/mol. The molecule has 2 aromatic rings. The number of hydrogen-bond acceptors (Lipinski definition) is 5. The number of carbonyl (C=O) groups is 1. The Labute approximate surface area is 164 Å². The Morgan fingerprint density at radius 3 is 2.30 bits per heavy atom. The monoisotopic (exact) mass is 386 g/mol. The maximum atomic E-state index is 12.8. The van der Waals surface area contributed by atoms with E-state index < -0.39 is 0 Å². The van der Waals surface area contributed by atoms with E-state index in [0.29, 0.717) is 6.42 Å². The molecule has 1 aliphatic heterocycles. The second-order valence-corrected chi connectivity index (χ2v) is 7.63. The zero-order chi connectivity index (χ0) is 19.1. The molecule has 1 atom stereocenters. The maximum Gasteiger partial charge on any atom is 0.222 e. The van der Waals surface area contributed by atoms with Gasteiger partial charge in [-0.05, 0) is 35.4 Å². The third-order valence-electron chi connectivity index (χ3n) is 4.59. The molecule has 0 spiro atoms. The minimum absolute atomic E-state index is 0.0330. The van der Waals surface area contributed by atoms with Gasteiger partial charge in [-0.25, -0.2) is 0 Å². The maximum absolute atomic E-state index is 12.8. The van der Waals surface area contributed by atoms with Crippen molar-refractivity contribution in [2.45, 2.75) is 18.5 Å². The van der Waals surface area contributed by atoms with Gasteiger partial charge in [0.2, 0.25) is 5.91 Å². The van der Waals surface area contributed by atoms with Gasteiger partial charge in [-0.1, -0.05) is 24.3 Å². The van der Waals surface area contributed by atoms with E-state index in [4.69, 9.17) is 9.47 Å². The van der Waals surface area contributed by atoms with E-state index in [1.807, 2.05) is 60.3 Å². The Hall–Kier alpha value is -2.18. The van der Waals surface area contributed by atoms with Crippen LogP contribution in [-0.2, 0) is 4.79 Å². The fraction of sp³-hybridized carbons (Fsp3) is 0.381. The number of thioether (sulfide) groups is 1. The van der Waals surface area contributed by atoms with Crippen molar-refractivity contribution in [1.29, 1.82) is 0 Å². The molecule has 3 rings (SSSR count). The van der Waals surface area contributed by atoms with Crippen molar-refractivity contribution in [3.8, 4) is 11.5 Å². The quantitative estimate of drug-likeness (QED) is 0.766. The minimum atomic E-state index is -0.265. The molecule has 0 bridgehead atoms. The van der Waals surface area contributed by atoms with Crippen molar-refractivity contribution in [1.82, 2.24) is 10.6 Å². The summed E-state index contributed by atoms with van der Waals surface area (Å²) in [5.74, 6) is 3.63. The van der Waals surface area contributed by atoms with Gasteiger partial charge in [0.25, 0.3) is 0 Å². The molecule has 1 saturated heterocycles. The summed E-state index contributed by atoms with van der Waals surface area (Å²) in [6.07, 6.45) is 0.470. The van der Waals surface area contributed by atoms with Crippen LogP contribution >= 0.6 is 11.8 Å². The van der Waals surface area contributed by atoms with E-state index in [1.54, 1.807) is 14.2 Å². The summed E-state index contributed by atoms with van der Waals surface area (Å²) in [6, 6.07) is 15.6. The molecule has 2 aromatic carbocycles. The lowest BCUT2D eigenvalue weighted by atomic mass is 9.97. The van der Waals surface area contributed by atoms with Gasteiger partial charge in [-0.3, -0.25) is 4.79 Å². The molecule has 27 heavy (non-hydrogen) atoms. The van der Waals surface area contributed by atoms with Crippen molar-refractivity contribution in [3.05, 3.63) is 59.7 Å². The summed E-state index contributed by atoms with van der Waals surface area (Å²) in [7, 11) is 3.29. The molecule has 1 amide bonds. The number of hydrogen-bond donors (Lipinski definition) is 2. The molecule has 1 aliphatic rings. The largest absolute Gasteiger partial charge is 0.497 e. The normalized spacial score (nSPS) is 16.8. The van der Waals surface area contributed by atoms with Crippen molar-refractivity contribution < 1.29 is 14.3 Å². The molecule has 1 fully saturated rings. The van der Waals surface area contributed by atoms with Crippen LogP contribution in [-0.4, -0.2) is 44.2 Å². The molecule has 0 aromatic heterocycles. The van der Waals surface area contributed by atoms with Gasteiger partial charge in [0.1, 0.15) is 11.5 Å². The Morgan fingerprint density at radius 2 is 1.78 bits per heavy atom. The van der Waals surface area contributed by atoms with Crippen LogP contribution in [0.4, 0.5) is 0 Å². The average Bonchev–Trinajstić information content (AvgIpc) is 2.73. The van der Waals surface area contributed by atoms with Crippen molar-refractivity contribution >= 4 is 17.7 Å². The fourth-order valence-electron chi connectivity index (χ4n) is 3.20. The van der Waals surface area contributed by atoms with Crippen LogP contribution in [0.2, 0.25) is 0 Å². The first-order chi connectivity index (χ1) is 13.2. The van der Waals surface area contributed by atoms with Crippen LogP contribution in [0.1, 0.15) is 23.6 Å². The molecule has 0 aliphatic carbocycles.